The molecule has 1 fully saturated rings. The van der Waals surface area contributed by atoms with E-state index in [4.69, 9.17) is 0 Å². The molecule has 1 heterocycles. The van der Waals surface area contributed by atoms with E-state index in [0.29, 0.717) is 13.0 Å². The van der Waals surface area contributed by atoms with Crippen LogP contribution in [0.2, 0.25) is 0 Å². The Kier molecular flexibility index (Phi) is 3.01. The molecule has 1 saturated heterocycles. The number of carbonyl (C=O) groups excluding carboxylic acids is 2. The van der Waals surface area contributed by atoms with E-state index in [1.807, 2.05) is 17.0 Å². The van der Waals surface area contributed by atoms with Gasteiger partial charge in [-0.1, -0.05) is 24.3 Å². The molecule has 0 radical (unpaired) electrons. The number of hydrogen-bond acceptors (Lipinski definition) is 2. The fraction of sp³-hybridized carbons (Fsp3) is 0.467. The standard InChI is InChI=1S/C15H18N2O2/c1-10-15(19)17(7-6-14(18)16-10)13-8-11-4-2-3-5-12(11)9-13/h2-5,10,13H,6-9H2,1H3,(H,16,18). The van der Waals surface area contributed by atoms with Gasteiger partial charge in [0.1, 0.15) is 6.04 Å². The third kappa shape index (κ3) is 2.23. The van der Waals surface area contributed by atoms with Crippen LogP contribution in [-0.2, 0) is 22.4 Å². The first-order chi connectivity index (χ1) is 9.15. The summed E-state index contributed by atoms with van der Waals surface area (Å²) in [6.07, 6.45) is 2.22. The molecule has 0 bridgehead atoms. The van der Waals surface area contributed by atoms with Crippen LogP contribution in [0.25, 0.3) is 0 Å². The van der Waals surface area contributed by atoms with Crippen LogP contribution in [0, 0.1) is 0 Å². The van der Waals surface area contributed by atoms with Crippen molar-refractivity contribution in [3.8, 4) is 0 Å². The summed E-state index contributed by atoms with van der Waals surface area (Å²) in [5.74, 6) is 0.0162. The van der Waals surface area contributed by atoms with Crippen LogP contribution in [0.15, 0.2) is 24.3 Å². The highest BCUT2D eigenvalue weighted by atomic mass is 16.2. The zero-order chi connectivity index (χ0) is 13.4. The van der Waals surface area contributed by atoms with Crippen molar-refractivity contribution in [1.82, 2.24) is 10.2 Å². The summed E-state index contributed by atoms with van der Waals surface area (Å²) in [4.78, 5) is 25.8. The van der Waals surface area contributed by atoms with E-state index >= 15 is 0 Å². The van der Waals surface area contributed by atoms with Crippen molar-refractivity contribution in [3.63, 3.8) is 0 Å². The van der Waals surface area contributed by atoms with Gasteiger partial charge in [-0.15, -0.1) is 0 Å². The molecule has 3 rings (SSSR count). The quantitative estimate of drug-likeness (QED) is 0.813. The molecule has 1 N–H and O–H groups in total. The number of benzene rings is 1. The van der Waals surface area contributed by atoms with Gasteiger partial charge in [0.25, 0.3) is 0 Å². The molecule has 1 aromatic carbocycles. The third-order valence-electron chi connectivity index (χ3n) is 4.08. The van der Waals surface area contributed by atoms with Crippen molar-refractivity contribution in [2.45, 2.75) is 38.3 Å². The topological polar surface area (TPSA) is 49.4 Å². The molecule has 4 heteroatoms. The first-order valence-corrected chi connectivity index (χ1v) is 6.82. The van der Waals surface area contributed by atoms with Gasteiger partial charge in [0.15, 0.2) is 0 Å². The molecule has 0 spiro atoms. The number of rotatable bonds is 1. The minimum atomic E-state index is -0.404. The summed E-state index contributed by atoms with van der Waals surface area (Å²) < 4.78 is 0. The lowest BCUT2D eigenvalue weighted by atomic mass is 10.1. The first-order valence-electron chi connectivity index (χ1n) is 6.82. The molecule has 2 amide bonds. The van der Waals surface area contributed by atoms with Gasteiger partial charge in [0.05, 0.1) is 0 Å². The highest BCUT2D eigenvalue weighted by molar-refractivity contribution is 5.89. The molecular weight excluding hydrogens is 240 g/mol. The molecule has 1 aromatic rings. The lowest BCUT2D eigenvalue weighted by Crippen LogP contribution is -2.47. The summed E-state index contributed by atoms with van der Waals surface area (Å²) in [6, 6.07) is 8.14. The van der Waals surface area contributed by atoms with Crippen molar-refractivity contribution in [1.29, 1.82) is 0 Å². The van der Waals surface area contributed by atoms with Crippen LogP contribution in [0.4, 0.5) is 0 Å². The third-order valence-corrected chi connectivity index (χ3v) is 4.08. The highest BCUT2D eigenvalue weighted by Gasteiger charge is 2.34. The van der Waals surface area contributed by atoms with Crippen LogP contribution in [0.3, 0.4) is 0 Å². The smallest absolute Gasteiger partial charge is 0.245 e. The number of carbonyl (C=O) groups is 2. The second-order valence-electron chi connectivity index (χ2n) is 5.40. The summed E-state index contributed by atoms with van der Waals surface area (Å²) in [5, 5.41) is 2.74. The molecule has 1 atom stereocenters. The Morgan fingerprint density at radius 1 is 1.16 bits per heavy atom. The Hall–Kier alpha value is -1.84. The SMILES string of the molecule is CC1NC(=O)CCN(C2Cc3ccccc3C2)C1=O. The van der Waals surface area contributed by atoms with Crippen LogP contribution in [0.1, 0.15) is 24.5 Å². The van der Waals surface area contributed by atoms with Crippen LogP contribution >= 0.6 is 0 Å². The van der Waals surface area contributed by atoms with E-state index in [-0.39, 0.29) is 17.9 Å². The molecule has 1 aliphatic carbocycles. The van der Waals surface area contributed by atoms with Crippen molar-refractivity contribution in [3.05, 3.63) is 35.4 Å². The molecule has 0 aromatic heterocycles. The zero-order valence-electron chi connectivity index (χ0n) is 11.1. The average Bonchev–Trinajstić information content (AvgIpc) is 2.76. The Labute approximate surface area is 112 Å². The summed E-state index contributed by atoms with van der Waals surface area (Å²) in [7, 11) is 0. The van der Waals surface area contributed by atoms with Gasteiger partial charge < -0.3 is 10.2 Å². The maximum atomic E-state index is 12.3. The van der Waals surface area contributed by atoms with Crippen molar-refractivity contribution < 1.29 is 9.59 Å². The van der Waals surface area contributed by atoms with Crippen LogP contribution in [0.5, 0.6) is 0 Å². The second-order valence-corrected chi connectivity index (χ2v) is 5.40. The monoisotopic (exact) mass is 258 g/mol. The normalized spacial score (nSPS) is 24.1. The predicted molar refractivity (Wildman–Crippen MR) is 71.6 cm³/mol. The molecule has 4 nitrogen and oxygen atoms in total. The summed E-state index contributed by atoms with van der Waals surface area (Å²) >= 11 is 0. The van der Waals surface area contributed by atoms with Crippen LogP contribution < -0.4 is 5.32 Å². The number of nitrogens with zero attached hydrogens (tertiary/aromatic N) is 1. The van der Waals surface area contributed by atoms with Gasteiger partial charge in [-0.2, -0.15) is 0 Å². The maximum absolute atomic E-state index is 12.3. The van der Waals surface area contributed by atoms with E-state index in [1.54, 1.807) is 6.92 Å². The van der Waals surface area contributed by atoms with Gasteiger partial charge in [-0.05, 0) is 30.9 Å². The second kappa shape index (κ2) is 4.68. The number of amides is 2. The fourth-order valence-electron chi connectivity index (χ4n) is 3.07. The van der Waals surface area contributed by atoms with Gasteiger partial charge in [-0.25, -0.2) is 0 Å². The minimum absolute atomic E-state index is 0.0288. The Morgan fingerprint density at radius 2 is 1.79 bits per heavy atom. The Bertz CT molecular complexity index is 502. The molecule has 19 heavy (non-hydrogen) atoms. The van der Waals surface area contributed by atoms with Crippen LogP contribution in [-0.4, -0.2) is 35.3 Å². The number of hydrogen-bond donors (Lipinski definition) is 1. The summed E-state index contributed by atoms with van der Waals surface area (Å²) in [5.41, 5.74) is 2.66. The average molecular weight is 258 g/mol. The van der Waals surface area contributed by atoms with Gasteiger partial charge >= 0.3 is 0 Å². The van der Waals surface area contributed by atoms with Crippen molar-refractivity contribution in [2.75, 3.05) is 6.54 Å². The molecule has 0 saturated carbocycles. The Morgan fingerprint density at radius 3 is 2.42 bits per heavy atom. The summed E-state index contributed by atoms with van der Waals surface area (Å²) in [6.45, 7) is 2.30. The van der Waals surface area contributed by atoms with Gasteiger partial charge in [0.2, 0.25) is 11.8 Å². The largest absolute Gasteiger partial charge is 0.345 e. The van der Waals surface area contributed by atoms with E-state index < -0.39 is 6.04 Å². The van der Waals surface area contributed by atoms with Gasteiger partial charge in [-0.3, -0.25) is 9.59 Å². The van der Waals surface area contributed by atoms with E-state index in [1.165, 1.54) is 11.1 Å². The highest BCUT2D eigenvalue weighted by Crippen LogP contribution is 2.26. The molecule has 1 unspecified atom stereocenters. The molecule has 2 aliphatic rings. The van der Waals surface area contributed by atoms with E-state index in [0.717, 1.165) is 12.8 Å². The number of nitrogens with one attached hydrogen (secondary N) is 1. The van der Waals surface area contributed by atoms with Gasteiger partial charge in [0, 0.05) is 19.0 Å². The molecular formula is C15H18N2O2. The lowest BCUT2D eigenvalue weighted by Gasteiger charge is -2.28. The fourth-order valence-corrected chi connectivity index (χ4v) is 3.07. The van der Waals surface area contributed by atoms with E-state index in [2.05, 4.69) is 17.4 Å². The van der Waals surface area contributed by atoms with Crippen molar-refractivity contribution in [2.24, 2.45) is 0 Å². The molecule has 100 valence electrons. The predicted octanol–water partition coefficient (Wildman–Crippen LogP) is 0.891. The van der Waals surface area contributed by atoms with E-state index in [9.17, 15) is 9.59 Å². The Balaban J connectivity index is 1.80. The zero-order valence-corrected chi connectivity index (χ0v) is 11.1. The van der Waals surface area contributed by atoms with Crippen molar-refractivity contribution >= 4 is 11.8 Å². The number of fused-ring (bicyclic) bond motifs is 1. The minimum Gasteiger partial charge on any atom is -0.345 e. The first kappa shape index (κ1) is 12.2. The molecule has 1 aliphatic heterocycles. The maximum Gasteiger partial charge on any atom is 0.245 e. The lowest BCUT2D eigenvalue weighted by molar-refractivity contribution is -0.134.